The summed E-state index contributed by atoms with van der Waals surface area (Å²) in [7, 11) is 0. The van der Waals surface area contributed by atoms with Gasteiger partial charge >= 0.3 is 0 Å². The van der Waals surface area contributed by atoms with Crippen molar-refractivity contribution >= 4 is 34.3 Å². The normalized spacial score (nSPS) is 10.7. The molecule has 2 aromatic carbocycles. The number of unbranched alkanes of at least 4 members (excludes halogenated alkanes) is 1. The first-order valence-electron chi connectivity index (χ1n) is 10.0. The molecule has 3 aromatic rings. The molecule has 0 aliphatic carbocycles. The summed E-state index contributed by atoms with van der Waals surface area (Å²) in [5.74, 6) is 0.0166. The van der Waals surface area contributed by atoms with Crippen molar-refractivity contribution in [2.75, 3.05) is 17.2 Å². The third-order valence-corrected chi connectivity index (χ3v) is 5.66. The van der Waals surface area contributed by atoms with E-state index < -0.39 is 0 Å². The van der Waals surface area contributed by atoms with Gasteiger partial charge in [-0.1, -0.05) is 55.4 Å². The molecule has 0 aliphatic heterocycles. The van der Waals surface area contributed by atoms with E-state index in [1.54, 1.807) is 15.5 Å². The van der Waals surface area contributed by atoms with Crippen LogP contribution in [-0.4, -0.2) is 27.8 Å². The van der Waals surface area contributed by atoms with Crippen molar-refractivity contribution in [2.24, 2.45) is 0 Å². The molecule has 6 nitrogen and oxygen atoms in total. The number of hydrogen-bond acceptors (Lipinski definition) is 5. The molecule has 0 radical (unpaired) electrons. The van der Waals surface area contributed by atoms with Crippen LogP contribution >= 0.6 is 11.8 Å². The van der Waals surface area contributed by atoms with E-state index in [0.717, 1.165) is 18.5 Å². The molecule has 0 fully saturated rings. The molecule has 0 unspecified atom stereocenters. The SMILES string of the molecule is CCCCn1c(SCC(=O)N(CCC#N)c2ccccc2)nc2ccccc2c1=O. The maximum absolute atomic E-state index is 13.0. The Morgan fingerprint density at radius 1 is 1.17 bits per heavy atom. The van der Waals surface area contributed by atoms with Gasteiger partial charge in [0, 0.05) is 18.8 Å². The maximum Gasteiger partial charge on any atom is 0.262 e. The molecule has 7 heteroatoms. The maximum atomic E-state index is 13.0. The summed E-state index contributed by atoms with van der Waals surface area (Å²) >= 11 is 1.27. The van der Waals surface area contributed by atoms with Crippen LogP contribution in [0.25, 0.3) is 10.9 Å². The second-order valence-corrected chi connectivity index (χ2v) is 7.74. The molecule has 0 saturated heterocycles. The molecular weight excluding hydrogens is 396 g/mol. The van der Waals surface area contributed by atoms with E-state index in [2.05, 4.69) is 18.0 Å². The Labute approximate surface area is 180 Å². The lowest BCUT2D eigenvalue weighted by Crippen LogP contribution is -2.33. The predicted octanol–water partition coefficient (Wildman–Crippen LogP) is 4.24. The number of rotatable bonds is 9. The fraction of sp³-hybridized carbons (Fsp3) is 0.304. The molecule has 1 aromatic heterocycles. The quantitative estimate of drug-likeness (QED) is 0.382. The van der Waals surface area contributed by atoms with Gasteiger partial charge in [0.25, 0.3) is 5.56 Å². The Bertz CT molecular complexity index is 1110. The van der Waals surface area contributed by atoms with Gasteiger partial charge in [-0.2, -0.15) is 5.26 Å². The van der Waals surface area contributed by atoms with E-state index in [-0.39, 0.29) is 23.6 Å². The summed E-state index contributed by atoms with van der Waals surface area (Å²) in [6.45, 7) is 2.97. The van der Waals surface area contributed by atoms with Crippen LogP contribution in [0.4, 0.5) is 5.69 Å². The third-order valence-electron chi connectivity index (χ3n) is 4.70. The smallest absolute Gasteiger partial charge is 0.262 e. The minimum Gasteiger partial charge on any atom is -0.311 e. The summed E-state index contributed by atoms with van der Waals surface area (Å²) in [5.41, 5.74) is 1.32. The van der Waals surface area contributed by atoms with Gasteiger partial charge in [-0.3, -0.25) is 14.2 Å². The highest BCUT2D eigenvalue weighted by Crippen LogP contribution is 2.21. The zero-order valence-corrected chi connectivity index (χ0v) is 17.8. The molecule has 30 heavy (non-hydrogen) atoms. The first-order chi connectivity index (χ1) is 14.7. The lowest BCUT2D eigenvalue weighted by molar-refractivity contribution is -0.116. The topological polar surface area (TPSA) is 79.0 Å². The van der Waals surface area contributed by atoms with E-state index in [1.807, 2.05) is 48.5 Å². The second-order valence-electron chi connectivity index (χ2n) is 6.80. The number of benzene rings is 2. The Hall–Kier alpha value is -3.11. The largest absolute Gasteiger partial charge is 0.311 e. The molecule has 0 aliphatic rings. The molecule has 0 atom stereocenters. The molecule has 0 spiro atoms. The molecule has 1 amide bonds. The van der Waals surface area contributed by atoms with Gasteiger partial charge in [0.05, 0.1) is 29.1 Å². The Balaban J connectivity index is 1.86. The number of thioether (sulfide) groups is 1. The number of amides is 1. The Morgan fingerprint density at radius 2 is 1.90 bits per heavy atom. The van der Waals surface area contributed by atoms with Gasteiger partial charge in [-0.15, -0.1) is 0 Å². The van der Waals surface area contributed by atoms with Crippen LogP contribution in [0.5, 0.6) is 0 Å². The lowest BCUT2D eigenvalue weighted by Gasteiger charge is -2.22. The van der Waals surface area contributed by atoms with Gasteiger partial charge < -0.3 is 4.90 Å². The number of anilines is 1. The summed E-state index contributed by atoms with van der Waals surface area (Å²) in [6, 6.07) is 18.7. The number of para-hydroxylation sites is 2. The van der Waals surface area contributed by atoms with Crippen molar-refractivity contribution in [3.8, 4) is 6.07 Å². The van der Waals surface area contributed by atoms with Crippen molar-refractivity contribution in [1.82, 2.24) is 9.55 Å². The highest BCUT2D eigenvalue weighted by molar-refractivity contribution is 7.99. The van der Waals surface area contributed by atoms with Crippen LogP contribution in [0, 0.1) is 11.3 Å². The summed E-state index contributed by atoms with van der Waals surface area (Å²) in [5, 5.41) is 10.1. The van der Waals surface area contributed by atoms with Crippen LogP contribution < -0.4 is 10.5 Å². The van der Waals surface area contributed by atoms with Gasteiger partial charge in [-0.05, 0) is 30.7 Å². The highest BCUT2D eigenvalue weighted by atomic mass is 32.2. The van der Waals surface area contributed by atoms with Crippen LogP contribution in [0.1, 0.15) is 26.2 Å². The molecule has 0 bridgehead atoms. The first kappa shape index (κ1) is 21.6. The first-order valence-corrected chi connectivity index (χ1v) is 11.0. The fourth-order valence-corrected chi connectivity index (χ4v) is 4.04. The van der Waals surface area contributed by atoms with Gasteiger partial charge in [-0.25, -0.2) is 4.98 Å². The minimum absolute atomic E-state index is 0.0756. The third kappa shape index (κ3) is 5.08. The molecule has 0 saturated carbocycles. The van der Waals surface area contributed by atoms with E-state index in [1.165, 1.54) is 11.8 Å². The number of nitriles is 1. The zero-order chi connectivity index (χ0) is 21.3. The van der Waals surface area contributed by atoms with Crippen LogP contribution in [-0.2, 0) is 11.3 Å². The number of hydrogen-bond donors (Lipinski definition) is 0. The fourth-order valence-electron chi connectivity index (χ4n) is 3.14. The molecule has 154 valence electrons. The van der Waals surface area contributed by atoms with Crippen LogP contribution in [0.3, 0.4) is 0 Å². The number of fused-ring (bicyclic) bond motifs is 1. The number of aromatic nitrogens is 2. The van der Waals surface area contributed by atoms with E-state index in [4.69, 9.17) is 5.26 Å². The number of nitrogens with zero attached hydrogens (tertiary/aromatic N) is 4. The summed E-state index contributed by atoms with van der Waals surface area (Å²) in [4.78, 5) is 32.2. The van der Waals surface area contributed by atoms with E-state index in [9.17, 15) is 9.59 Å². The Morgan fingerprint density at radius 3 is 2.63 bits per heavy atom. The summed E-state index contributed by atoms with van der Waals surface area (Å²) < 4.78 is 1.67. The van der Waals surface area contributed by atoms with Crippen molar-refractivity contribution in [3.63, 3.8) is 0 Å². The van der Waals surface area contributed by atoms with E-state index >= 15 is 0 Å². The molecule has 3 rings (SSSR count). The second kappa shape index (κ2) is 10.6. The number of carbonyl (C=O) groups is 1. The highest BCUT2D eigenvalue weighted by Gasteiger charge is 2.18. The average Bonchev–Trinajstić information content (AvgIpc) is 2.78. The van der Waals surface area contributed by atoms with Crippen molar-refractivity contribution in [1.29, 1.82) is 5.26 Å². The lowest BCUT2D eigenvalue weighted by atomic mass is 10.2. The van der Waals surface area contributed by atoms with Crippen molar-refractivity contribution in [2.45, 2.75) is 37.9 Å². The average molecular weight is 421 g/mol. The standard InChI is InChI=1S/C23H24N4O2S/c1-2-3-15-27-22(29)19-12-7-8-13-20(19)25-23(27)30-17-21(28)26(16-9-14-24)18-10-5-4-6-11-18/h4-8,10-13H,2-3,9,15-17H2,1H3. The Kier molecular flexibility index (Phi) is 7.63. The summed E-state index contributed by atoms with van der Waals surface area (Å²) in [6.07, 6.45) is 2.07. The van der Waals surface area contributed by atoms with Crippen molar-refractivity contribution < 1.29 is 4.79 Å². The van der Waals surface area contributed by atoms with Crippen LogP contribution in [0.2, 0.25) is 0 Å². The molecule has 0 N–H and O–H groups in total. The molecular formula is C23H24N4O2S. The van der Waals surface area contributed by atoms with Crippen molar-refractivity contribution in [3.05, 3.63) is 65.0 Å². The zero-order valence-electron chi connectivity index (χ0n) is 17.0. The van der Waals surface area contributed by atoms with Gasteiger partial charge in [0.2, 0.25) is 5.91 Å². The monoisotopic (exact) mass is 420 g/mol. The van der Waals surface area contributed by atoms with Gasteiger partial charge in [0.1, 0.15) is 0 Å². The van der Waals surface area contributed by atoms with Gasteiger partial charge in [0.15, 0.2) is 5.16 Å². The van der Waals surface area contributed by atoms with E-state index in [0.29, 0.717) is 29.1 Å². The predicted molar refractivity (Wildman–Crippen MR) is 121 cm³/mol. The minimum atomic E-state index is -0.120. The van der Waals surface area contributed by atoms with Crippen LogP contribution in [0.15, 0.2) is 64.5 Å². The number of carbonyl (C=O) groups excluding carboxylic acids is 1. The molecule has 1 heterocycles.